The molecule has 0 saturated heterocycles. The zero-order chi connectivity index (χ0) is 22.8. The highest BCUT2D eigenvalue weighted by Crippen LogP contribution is 2.36. The average Bonchev–Trinajstić information content (AvgIpc) is 3.38. The topological polar surface area (TPSA) is 103 Å². The molecule has 2 amide bonds. The van der Waals surface area contributed by atoms with Gasteiger partial charge in [0.1, 0.15) is 5.00 Å². The summed E-state index contributed by atoms with van der Waals surface area (Å²) in [6.45, 7) is 3.62. The molecule has 32 heavy (non-hydrogen) atoms. The first-order valence-corrected chi connectivity index (χ1v) is 10.5. The first-order chi connectivity index (χ1) is 15.4. The molecule has 0 saturated carbocycles. The minimum Gasteiger partial charge on any atom is -0.465 e. The van der Waals surface area contributed by atoms with Crippen molar-refractivity contribution in [1.82, 2.24) is 0 Å². The van der Waals surface area contributed by atoms with Crippen molar-refractivity contribution in [2.75, 3.05) is 24.5 Å². The molecule has 0 radical (unpaired) electrons. The Labute approximate surface area is 188 Å². The van der Waals surface area contributed by atoms with Crippen LogP contribution in [-0.4, -0.2) is 31.7 Å². The highest BCUT2D eigenvalue weighted by Gasteiger charge is 2.27. The van der Waals surface area contributed by atoms with Crippen LogP contribution >= 0.6 is 11.3 Å². The molecular weight excluding hydrogens is 432 g/mol. The number of methoxy groups -OCH3 is 1. The third-order valence-corrected chi connectivity index (χ3v) is 6.20. The summed E-state index contributed by atoms with van der Waals surface area (Å²) in [4.78, 5) is 38.5. The number of amides is 2. The van der Waals surface area contributed by atoms with Crippen molar-refractivity contribution in [3.8, 4) is 11.5 Å². The van der Waals surface area contributed by atoms with E-state index in [4.69, 9.17) is 14.2 Å². The molecule has 9 heteroatoms. The van der Waals surface area contributed by atoms with Crippen LogP contribution in [0.15, 0.2) is 42.5 Å². The summed E-state index contributed by atoms with van der Waals surface area (Å²) >= 11 is 1.01. The summed E-state index contributed by atoms with van der Waals surface area (Å²) < 4.78 is 15.5. The largest absolute Gasteiger partial charge is 0.465 e. The van der Waals surface area contributed by atoms with Gasteiger partial charge in [0.2, 0.25) is 6.79 Å². The second-order valence-electron chi connectivity index (χ2n) is 7.04. The van der Waals surface area contributed by atoms with Crippen LogP contribution in [0.3, 0.4) is 0 Å². The Bertz CT molecular complexity index is 1230. The maximum Gasteiger partial charge on any atom is 0.341 e. The lowest BCUT2D eigenvalue weighted by molar-refractivity contribution is 0.0601. The number of fused-ring (bicyclic) bond motifs is 1. The second kappa shape index (κ2) is 8.72. The molecular formula is C23H20N2O6S. The van der Waals surface area contributed by atoms with Gasteiger partial charge in [-0.25, -0.2) is 4.79 Å². The molecule has 0 fully saturated rings. The summed E-state index contributed by atoms with van der Waals surface area (Å²) in [5.41, 5.74) is 2.45. The number of ether oxygens (including phenoxy) is 3. The van der Waals surface area contributed by atoms with Crippen LogP contribution in [0.2, 0.25) is 0 Å². The van der Waals surface area contributed by atoms with E-state index < -0.39 is 11.9 Å². The van der Waals surface area contributed by atoms with E-state index in [1.165, 1.54) is 7.11 Å². The van der Waals surface area contributed by atoms with Crippen LogP contribution < -0.4 is 20.1 Å². The molecule has 1 aliphatic heterocycles. The Balaban J connectivity index is 1.64. The fourth-order valence-electron chi connectivity index (χ4n) is 3.27. The first-order valence-electron chi connectivity index (χ1n) is 9.68. The van der Waals surface area contributed by atoms with Crippen molar-refractivity contribution >= 4 is 39.8 Å². The molecule has 2 aromatic carbocycles. The molecule has 0 spiro atoms. The highest BCUT2D eigenvalue weighted by atomic mass is 32.1. The van der Waals surface area contributed by atoms with Gasteiger partial charge in [-0.3, -0.25) is 9.59 Å². The molecule has 0 atom stereocenters. The number of carbonyl (C=O) groups excluding carboxylic acids is 3. The zero-order valence-corrected chi connectivity index (χ0v) is 18.4. The molecule has 2 N–H and O–H groups in total. The van der Waals surface area contributed by atoms with E-state index in [-0.39, 0.29) is 23.3 Å². The average molecular weight is 452 g/mol. The second-order valence-corrected chi connectivity index (χ2v) is 8.06. The van der Waals surface area contributed by atoms with E-state index in [0.29, 0.717) is 33.2 Å². The molecule has 8 nitrogen and oxygen atoms in total. The summed E-state index contributed by atoms with van der Waals surface area (Å²) in [6, 6.07) is 12.2. The minimum atomic E-state index is -0.644. The Morgan fingerprint density at radius 3 is 2.47 bits per heavy atom. The summed E-state index contributed by atoms with van der Waals surface area (Å²) in [5.74, 6) is -0.462. The molecule has 3 aromatic rings. The number of aryl methyl sites for hydroxylation is 1. The third kappa shape index (κ3) is 4.02. The zero-order valence-electron chi connectivity index (χ0n) is 17.6. The normalized spacial score (nSPS) is 11.7. The predicted octanol–water partition coefficient (Wildman–Crippen LogP) is 4.38. The Morgan fingerprint density at radius 2 is 1.72 bits per heavy atom. The van der Waals surface area contributed by atoms with Crippen LogP contribution in [0.1, 0.15) is 41.5 Å². The van der Waals surface area contributed by atoms with Crippen LogP contribution in [0.25, 0.3) is 0 Å². The van der Waals surface area contributed by atoms with Crippen molar-refractivity contribution in [3.05, 3.63) is 69.6 Å². The lowest BCUT2D eigenvalue weighted by atomic mass is 10.1. The van der Waals surface area contributed by atoms with Gasteiger partial charge in [-0.1, -0.05) is 18.2 Å². The summed E-state index contributed by atoms with van der Waals surface area (Å²) in [6.07, 6.45) is 0. The number of thiophene rings is 1. The summed E-state index contributed by atoms with van der Waals surface area (Å²) in [7, 11) is 1.25. The van der Waals surface area contributed by atoms with E-state index in [9.17, 15) is 14.4 Å². The number of anilines is 2. The molecule has 2 heterocycles. The van der Waals surface area contributed by atoms with Crippen molar-refractivity contribution in [2.24, 2.45) is 0 Å². The van der Waals surface area contributed by atoms with Crippen molar-refractivity contribution < 1.29 is 28.6 Å². The Hall–Kier alpha value is -3.85. The van der Waals surface area contributed by atoms with E-state index in [0.717, 1.165) is 16.9 Å². The van der Waals surface area contributed by atoms with E-state index in [1.54, 1.807) is 31.2 Å². The third-order valence-electron chi connectivity index (χ3n) is 5.00. The van der Waals surface area contributed by atoms with Gasteiger partial charge in [0.05, 0.1) is 17.6 Å². The number of nitrogens with one attached hydrogen (secondary N) is 2. The van der Waals surface area contributed by atoms with E-state index >= 15 is 0 Å². The number of esters is 1. The molecule has 0 unspecified atom stereocenters. The highest BCUT2D eigenvalue weighted by molar-refractivity contribution is 7.19. The van der Waals surface area contributed by atoms with Gasteiger partial charge in [0, 0.05) is 11.3 Å². The van der Waals surface area contributed by atoms with Gasteiger partial charge in [-0.15, -0.1) is 11.3 Å². The Morgan fingerprint density at radius 1 is 0.969 bits per heavy atom. The number of hydrogen-bond donors (Lipinski definition) is 2. The SMILES string of the molecule is COC(=O)c1c(NC(=O)c2ccc3c(c2)OCO3)sc(C(=O)Nc2ccccc2C)c1C. The van der Waals surface area contributed by atoms with Gasteiger partial charge in [0.15, 0.2) is 11.5 Å². The van der Waals surface area contributed by atoms with E-state index in [1.807, 2.05) is 25.1 Å². The number of carbonyl (C=O) groups is 3. The van der Waals surface area contributed by atoms with Gasteiger partial charge in [-0.05, 0) is 49.2 Å². The molecule has 0 aliphatic carbocycles. The van der Waals surface area contributed by atoms with Crippen LogP contribution in [-0.2, 0) is 4.74 Å². The van der Waals surface area contributed by atoms with Crippen molar-refractivity contribution in [3.63, 3.8) is 0 Å². The lowest BCUT2D eigenvalue weighted by Gasteiger charge is -2.07. The lowest BCUT2D eigenvalue weighted by Crippen LogP contribution is -2.14. The van der Waals surface area contributed by atoms with Crippen LogP contribution in [0, 0.1) is 13.8 Å². The molecule has 1 aromatic heterocycles. The van der Waals surface area contributed by atoms with Crippen molar-refractivity contribution in [2.45, 2.75) is 13.8 Å². The van der Waals surface area contributed by atoms with Gasteiger partial charge >= 0.3 is 5.97 Å². The van der Waals surface area contributed by atoms with Gasteiger partial charge in [-0.2, -0.15) is 0 Å². The van der Waals surface area contributed by atoms with Crippen molar-refractivity contribution in [1.29, 1.82) is 0 Å². The van der Waals surface area contributed by atoms with Gasteiger partial charge in [0.25, 0.3) is 11.8 Å². The number of hydrogen-bond acceptors (Lipinski definition) is 7. The standard InChI is InChI=1S/C23H20N2O6S/c1-12-6-4-5-7-15(12)24-21(27)19-13(2)18(23(28)29-3)22(32-19)25-20(26)14-8-9-16-17(10-14)31-11-30-16/h4-10H,11H2,1-3H3,(H,24,27)(H,25,26). The number of benzene rings is 2. The van der Waals surface area contributed by atoms with Crippen LogP contribution in [0.4, 0.5) is 10.7 Å². The maximum atomic E-state index is 13.0. The fraction of sp³-hybridized carbons (Fsp3) is 0.174. The van der Waals surface area contributed by atoms with Crippen LogP contribution in [0.5, 0.6) is 11.5 Å². The maximum absolute atomic E-state index is 13.0. The minimum absolute atomic E-state index is 0.0936. The Kier molecular flexibility index (Phi) is 5.83. The molecule has 1 aliphatic rings. The monoisotopic (exact) mass is 452 g/mol. The molecule has 0 bridgehead atoms. The smallest absolute Gasteiger partial charge is 0.341 e. The van der Waals surface area contributed by atoms with Gasteiger partial charge < -0.3 is 24.8 Å². The number of para-hydroxylation sites is 1. The van der Waals surface area contributed by atoms with E-state index in [2.05, 4.69) is 10.6 Å². The first kappa shape index (κ1) is 21.4. The fourth-order valence-corrected chi connectivity index (χ4v) is 4.36. The number of rotatable bonds is 5. The predicted molar refractivity (Wildman–Crippen MR) is 120 cm³/mol. The molecule has 164 valence electrons. The quantitative estimate of drug-likeness (QED) is 0.557. The molecule has 4 rings (SSSR count). The summed E-state index contributed by atoms with van der Waals surface area (Å²) in [5, 5.41) is 5.81.